The van der Waals surface area contributed by atoms with Crippen LogP contribution >= 0.6 is 0 Å². The van der Waals surface area contributed by atoms with Crippen molar-refractivity contribution in [2.45, 2.75) is 18.6 Å². The first-order valence-corrected chi connectivity index (χ1v) is 9.36. The Kier molecular flexibility index (Phi) is 5.47. The summed E-state index contributed by atoms with van der Waals surface area (Å²) in [7, 11) is 1.39. The van der Waals surface area contributed by atoms with Crippen molar-refractivity contribution in [2.24, 2.45) is 0 Å². The second-order valence-electron chi connectivity index (χ2n) is 7.05. The zero-order valence-electron chi connectivity index (χ0n) is 16.1. The van der Waals surface area contributed by atoms with Gasteiger partial charge < -0.3 is 20.5 Å². The van der Waals surface area contributed by atoms with Gasteiger partial charge in [0.1, 0.15) is 5.82 Å². The van der Waals surface area contributed by atoms with Crippen molar-refractivity contribution in [3.63, 3.8) is 0 Å². The monoisotopic (exact) mass is 414 g/mol. The van der Waals surface area contributed by atoms with Gasteiger partial charge in [-0.3, -0.25) is 9.89 Å². The van der Waals surface area contributed by atoms with Crippen LogP contribution in [0.2, 0.25) is 0 Å². The number of hydrogen-bond acceptors (Lipinski definition) is 5. The van der Waals surface area contributed by atoms with E-state index in [1.165, 1.54) is 25.3 Å². The van der Waals surface area contributed by atoms with Crippen molar-refractivity contribution < 1.29 is 23.4 Å². The maximum atomic E-state index is 14.4. The lowest BCUT2D eigenvalue weighted by molar-refractivity contribution is -0.118. The first kappa shape index (κ1) is 20.0. The average molecular weight is 414 g/mol. The summed E-state index contributed by atoms with van der Waals surface area (Å²) in [6.45, 7) is 0.324. The number of aliphatic hydroxyl groups excluding tert-OH is 1. The summed E-state index contributed by atoms with van der Waals surface area (Å²) in [6, 6.07) is 6.63. The number of aliphatic hydroxyl groups is 1. The Hall–Kier alpha value is -3.30. The molecule has 0 bridgehead atoms. The molecule has 156 valence electrons. The number of halogens is 2. The minimum Gasteiger partial charge on any atom is -0.494 e. The number of aromatic nitrogens is 2. The average Bonchev–Trinajstić information content (AvgIpc) is 3.33. The fourth-order valence-electron chi connectivity index (χ4n) is 3.37. The molecule has 0 saturated carbocycles. The number of β-amino-alcohol motifs (C(OH)–C–C–N with tert-alkyl or cyclic N) is 1. The molecule has 3 aromatic rings. The van der Waals surface area contributed by atoms with E-state index in [-0.39, 0.29) is 17.9 Å². The second kappa shape index (κ2) is 8.21. The molecule has 0 unspecified atom stereocenters. The first-order chi connectivity index (χ1) is 14.4. The molecule has 1 amide bonds. The van der Waals surface area contributed by atoms with E-state index < -0.39 is 29.7 Å². The molecule has 9 heteroatoms. The Bertz CT molecular complexity index is 1130. The standard InChI is InChI=1S/C21H20F2N4O3/c1-30-20-6-11(2-4-14(20)22)3-5-16-13-8-18(15(23)9-17(13)27-26-16)25-21(29)19-7-12(28)10-24-19/h2-6,8-9,12,19,24,28H,7,10H2,1H3,(H,25,29)(H,26,27)/b5-3+/t12-,19+/m1/s1. The van der Waals surface area contributed by atoms with Crippen LogP contribution in [0.1, 0.15) is 17.7 Å². The molecule has 4 rings (SSSR count). The van der Waals surface area contributed by atoms with Crippen molar-refractivity contribution in [3.05, 3.63) is 53.2 Å². The smallest absolute Gasteiger partial charge is 0.241 e. The van der Waals surface area contributed by atoms with Gasteiger partial charge in [-0.2, -0.15) is 5.10 Å². The lowest BCUT2D eigenvalue weighted by Gasteiger charge is -2.12. The normalized spacial score (nSPS) is 18.9. The second-order valence-corrected chi connectivity index (χ2v) is 7.05. The van der Waals surface area contributed by atoms with Crippen LogP contribution in [0.4, 0.5) is 14.5 Å². The Morgan fingerprint density at radius 2 is 2.10 bits per heavy atom. The summed E-state index contributed by atoms with van der Waals surface area (Å²) in [6.07, 6.45) is 3.10. The van der Waals surface area contributed by atoms with Crippen LogP contribution in [-0.4, -0.2) is 47.0 Å². The number of hydrogen-bond donors (Lipinski definition) is 4. The van der Waals surface area contributed by atoms with E-state index in [1.54, 1.807) is 24.3 Å². The number of fused-ring (bicyclic) bond motifs is 1. The highest BCUT2D eigenvalue weighted by Gasteiger charge is 2.28. The highest BCUT2D eigenvalue weighted by atomic mass is 19.1. The Morgan fingerprint density at radius 1 is 1.27 bits per heavy atom. The number of nitrogens with zero attached hydrogens (tertiary/aromatic N) is 1. The molecule has 1 saturated heterocycles. The summed E-state index contributed by atoms with van der Waals surface area (Å²) in [5.74, 6) is -1.35. The topological polar surface area (TPSA) is 99.3 Å². The lowest BCUT2D eigenvalue weighted by atomic mass is 10.1. The predicted octanol–water partition coefficient (Wildman–Crippen LogP) is 2.68. The van der Waals surface area contributed by atoms with Gasteiger partial charge in [0.2, 0.25) is 5.91 Å². The van der Waals surface area contributed by atoms with Crippen molar-refractivity contribution in [1.29, 1.82) is 0 Å². The molecule has 30 heavy (non-hydrogen) atoms. The Labute approximate surface area is 170 Å². The van der Waals surface area contributed by atoms with E-state index in [4.69, 9.17) is 4.74 Å². The van der Waals surface area contributed by atoms with E-state index in [0.717, 1.165) is 0 Å². The minimum atomic E-state index is -0.600. The Morgan fingerprint density at radius 3 is 2.83 bits per heavy atom. The number of anilines is 1. The van der Waals surface area contributed by atoms with Crippen LogP contribution in [0.3, 0.4) is 0 Å². The van der Waals surface area contributed by atoms with Gasteiger partial charge in [-0.05, 0) is 36.3 Å². The van der Waals surface area contributed by atoms with Gasteiger partial charge >= 0.3 is 0 Å². The summed E-state index contributed by atoms with van der Waals surface area (Å²) in [5, 5.41) is 22.6. The van der Waals surface area contributed by atoms with Gasteiger partial charge in [-0.25, -0.2) is 8.78 Å². The predicted molar refractivity (Wildman–Crippen MR) is 109 cm³/mol. The van der Waals surface area contributed by atoms with E-state index >= 15 is 0 Å². The van der Waals surface area contributed by atoms with Gasteiger partial charge in [0.25, 0.3) is 0 Å². The van der Waals surface area contributed by atoms with Gasteiger partial charge in [-0.15, -0.1) is 0 Å². The molecular formula is C21H20F2N4O3. The quantitative estimate of drug-likeness (QED) is 0.515. The molecule has 1 aliphatic heterocycles. The summed E-state index contributed by atoms with van der Waals surface area (Å²) >= 11 is 0. The minimum absolute atomic E-state index is 0.0233. The maximum Gasteiger partial charge on any atom is 0.241 e. The fraction of sp³-hybridized carbons (Fsp3) is 0.238. The fourth-order valence-corrected chi connectivity index (χ4v) is 3.37. The molecule has 2 atom stereocenters. The summed E-state index contributed by atoms with van der Waals surface area (Å²) in [5.41, 5.74) is 1.72. The van der Waals surface area contributed by atoms with Crippen LogP contribution in [0, 0.1) is 11.6 Å². The number of H-pyrrole nitrogens is 1. The molecule has 4 N–H and O–H groups in total. The van der Waals surface area contributed by atoms with Gasteiger partial charge in [0.05, 0.1) is 36.2 Å². The van der Waals surface area contributed by atoms with E-state index in [2.05, 4.69) is 20.8 Å². The van der Waals surface area contributed by atoms with Crippen LogP contribution in [-0.2, 0) is 4.79 Å². The molecular weight excluding hydrogens is 394 g/mol. The highest BCUT2D eigenvalue weighted by Crippen LogP contribution is 2.26. The molecule has 2 aromatic carbocycles. The molecule has 7 nitrogen and oxygen atoms in total. The van der Waals surface area contributed by atoms with Gasteiger partial charge in [0.15, 0.2) is 11.6 Å². The van der Waals surface area contributed by atoms with E-state index in [9.17, 15) is 18.7 Å². The number of carbonyl (C=O) groups excluding carboxylic acids is 1. The molecule has 1 aromatic heterocycles. The third-order valence-corrected chi connectivity index (χ3v) is 4.97. The van der Waals surface area contributed by atoms with Crippen molar-refractivity contribution >= 4 is 34.6 Å². The zero-order valence-corrected chi connectivity index (χ0v) is 16.1. The molecule has 0 radical (unpaired) electrons. The molecule has 0 aliphatic carbocycles. The van der Waals surface area contributed by atoms with Crippen molar-refractivity contribution in [2.75, 3.05) is 19.0 Å². The number of amides is 1. The zero-order chi connectivity index (χ0) is 21.3. The van der Waals surface area contributed by atoms with Crippen LogP contribution in [0.25, 0.3) is 23.1 Å². The largest absolute Gasteiger partial charge is 0.494 e. The van der Waals surface area contributed by atoms with Crippen molar-refractivity contribution in [1.82, 2.24) is 15.5 Å². The number of aromatic amines is 1. The molecule has 0 spiro atoms. The number of rotatable bonds is 5. The number of carbonyl (C=O) groups is 1. The third-order valence-electron chi connectivity index (χ3n) is 4.97. The number of methoxy groups -OCH3 is 1. The van der Waals surface area contributed by atoms with Gasteiger partial charge in [-0.1, -0.05) is 12.1 Å². The maximum absolute atomic E-state index is 14.4. The summed E-state index contributed by atoms with van der Waals surface area (Å²) in [4.78, 5) is 12.3. The van der Waals surface area contributed by atoms with Crippen molar-refractivity contribution in [3.8, 4) is 5.75 Å². The van der Waals surface area contributed by atoms with Gasteiger partial charge in [0, 0.05) is 18.0 Å². The molecule has 1 fully saturated rings. The molecule has 1 aliphatic rings. The third kappa shape index (κ3) is 4.03. The number of nitrogens with one attached hydrogen (secondary N) is 3. The van der Waals surface area contributed by atoms with E-state index in [1.807, 2.05) is 0 Å². The van der Waals surface area contributed by atoms with Crippen LogP contribution in [0.15, 0.2) is 30.3 Å². The Balaban J connectivity index is 1.59. The highest BCUT2D eigenvalue weighted by molar-refractivity contribution is 5.98. The summed E-state index contributed by atoms with van der Waals surface area (Å²) < 4.78 is 33.0. The first-order valence-electron chi connectivity index (χ1n) is 9.36. The van der Waals surface area contributed by atoms with Crippen LogP contribution in [0.5, 0.6) is 5.75 Å². The molecule has 2 heterocycles. The lowest BCUT2D eigenvalue weighted by Crippen LogP contribution is -2.35. The number of benzene rings is 2. The van der Waals surface area contributed by atoms with E-state index in [0.29, 0.717) is 28.7 Å². The SMILES string of the molecule is COc1cc(/C=C/c2n[nH]c3cc(F)c(NC(=O)[C@@H]4C[C@@H](O)CN4)cc23)ccc1F. The number of ether oxygens (including phenoxy) is 1. The van der Waals surface area contributed by atoms with Crippen LogP contribution < -0.4 is 15.4 Å².